The number of nitrogens with zero attached hydrogens (tertiary/aromatic N) is 1. The molecule has 1 amide bonds. The Morgan fingerprint density at radius 2 is 2.12 bits per heavy atom. The van der Waals surface area contributed by atoms with Gasteiger partial charge >= 0.3 is 5.97 Å². The van der Waals surface area contributed by atoms with Gasteiger partial charge in [-0.3, -0.25) is 4.79 Å². The predicted molar refractivity (Wildman–Crippen MR) is 64.4 cm³/mol. The molecule has 17 heavy (non-hydrogen) atoms. The zero-order valence-corrected chi connectivity index (χ0v) is 10.4. The van der Waals surface area contributed by atoms with Gasteiger partial charge in [-0.25, -0.2) is 4.79 Å². The monoisotopic (exact) mass is 242 g/mol. The zero-order valence-electron chi connectivity index (χ0n) is 10.4. The van der Waals surface area contributed by atoms with Crippen LogP contribution in [0.15, 0.2) is 0 Å². The number of carbonyl (C=O) groups is 2. The number of unbranched alkanes of at least 4 members (excludes halogenated alkanes) is 1. The van der Waals surface area contributed by atoms with Crippen LogP contribution in [0.2, 0.25) is 0 Å². The summed E-state index contributed by atoms with van der Waals surface area (Å²) in [5.41, 5.74) is 5.37. The number of hydrogen-bond donors (Lipinski definition) is 2. The number of nitrogens with two attached hydrogens (primary N) is 1. The fourth-order valence-corrected chi connectivity index (χ4v) is 2.24. The largest absolute Gasteiger partial charge is 0.480 e. The van der Waals surface area contributed by atoms with E-state index < -0.39 is 12.0 Å². The number of likely N-dealkylation sites (tertiary alicyclic amines) is 1. The third-order valence-corrected chi connectivity index (χ3v) is 3.31. The molecule has 0 aromatic heterocycles. The molecule has 3 N–H and O–H groups in total. The van der Waals surface area contributed by atoms with Crippen molar-refractivity contribution >= 4 is 11.9 Å². The van der Waals surface area contributed by atoms with Gasteiger partial charge in [0.05, 0.1) is 0 Å². The fourth-order valence-electron chi connectivity index (χ4n) is 2.24. The van der Waals surface area contributed by atoms with Crippen LogP contribution in [-0.2, 0) is 9.59 Å². The highest BCUT2D eigenvalue weighted by atomic mass is 16.4. The van der Waals surface area contributed by atoms with E-state index in [1.54, 1.807) is 0 Å². The number of hydrogen-bond acceptors (Lipinski definition) is 3. The molecule has 1 saturated heterocycles. The zero-order chi connectivity index (χ0) is 12.8. The van der Waals surface area contributed by atoms with Crippen LogP contribution in [0.4, 0.5) is 0 Å². The molecular weight excluding hydrogens is 220 g/mol. The van der Waals surface area contributed by atoms with E-state index in [2.05, 4.69) is 0 Å². The topological polar surface area (TPSA) is 83.6 Å². The second-order valence-electron chi connectivity index (χ2n) is 4.82. The van der Waals surface area contributed by atoms with E-state index in [9.17, 15) is 9.59 Å². The summed E-state index contributed by atoms with van der Waals surface area (Å²) in [6.45, 7) is 3.18. The lowest BCUT2D eigenvalue weighted by molar-refractivity contribution is -0.153. The van der Waals surface area contributed by atoms with E-state index in [0.29, 0.717) is 31.8 Å². The smallest absolute Gasteiger partial charge is 0.326 e. The highest BCUT2D eigenvalue weighted by Crippen LogP contribution is 2.23. The summed E-state index contributed by atoms with van der Waals surface area (Å²) in [5.74, 6) is -0.550. The number of aliphatic carboxylic acids is 1. The molecule has 5 nitrogen and oxygen atoms in total. The molecule has 1 aliphatic rings. The minimum absolute atomic E-state index is 0.0437. The maximum Gasteiger partial charge on any atom is 0.326 e. The molecule has 0 saturated carbocycles. The molecule has 2 unspecified atom stereocenters. The van der Waals surface area contributed by atoms with Crippen LogP contribution >= 0.6 is 0 Å². The molecule has 2 atom stereocenters. The quantitative estimate of drug-likeness (QED) is 0.699. The number of amides is 1. The van der Waals surface area contributed by atoms with Crippen molar-refractivity contribution in [2.24, 2.45) is 11.7 Å². The molecule has 1 heterocycles. The molecule has 1 rings (SSSR count). The van der Waals surface area contributed by atoms with Crippen LogP contribution in [0.3, 0.4) is 0 Å². The van der Waals surface area contributed by atoms with Crippen LogP contribution in [-0.4, -0.2) is 41.0 Å². The van der Waals surface area contributed by atoms with Crippen LogP contribution in [0, 0.1) is 5.92 Å². The van der Waals surface area contributed by atoms with Gasteiger partial charge in [0.2, 0.25) is 5.91 Å². The van der Waals surface area contributed by atoms with Gasteiger partial charge in [0.1, 0.15) is 6.04 Å². The van der Waals surface area contributed by atoms with Gasteiger partial charge < -0.3 is 15.7 Å². The van der Waals surface area contributed by atoms with Crippen molar-refractivity contribution in [3.63, 3.8) is 0 Å². The van der Waals surface area contributed by atoms with E-state index in [4.69, 9.17) is 10.8 Å². The molecule has 0 bridgehead atoms. The van der Waals surface area contributed by atoms with Crippen LogP contribution < -0.4 is 5.73 Å². The molecule has 1 aliphatic heterocycles. The molecule has 0 spiro atoms. The van der Waals surface area contributed by atoms with Gasteiger partial charge in [0.15, 0.2) is 0 Å². The maximum atomic E-state index is 11.9. The Morgan fingerprint density at radius 3 is 2.71 bits per heavy atom. The summed E-state index contributed by atoms with van der Waals surface area (Å²) < 4.78 is 0. The summed E-state index contributed by atoms with van der Waals surface area (Å²) in [6, 6.07) is -0.635. The van der Waals surface area contributed by atoms with Crippen LogP contribution in [0.5, 0.6) is 0 Å². The summed E-state index contributed by atoms with van der Waals surface area (Å²) in [4.78, 5) is 24.6. The Labute approximate surface area is 102 Å². The lowest BCUT2D eigenvalue weighted by atomic mass is 9.92. The van der Waals surface area contributed by atoms with Gasteiger partial charge in [-0.15, -0.1) is 0 Å². The summed E-state index contributed by atoms with van der Waals surface area (Å²) in [7, 11) is 0. The SMILES string of the molecule is CC1CCN(C(=O)CCCCN)C(C(=O)O)C1. The normalized spacial score (nSPS) is 24.7. The van der Waals surface area contributed by atoms with E-state index >= 15 is 0 Å². The first-order valence-corrected chi connectivity index (χ1v) is 6.28. The molecule has 0 aromatic rings. The van der Waals surface area contributed by atoms with E-state index in [-0.39, 0.29) is 5.91 Å². The van der Waals surface area contributed by atoms with Gasteiger partial charge in [-0.05, 0) is 38.1 Å². The molecule has 5 heteroatoms. The molecule has 0 radical (unpaired) electrons. The molecule has 0 aromatic carbocycles. The van der Waals surface area contributed by atoms with Gasteiger partial charge in [-0.2, -0.15) is 0 Å². The van der Waals surface area contributed by atoms with Crippen molar-refractivity contribution in [2.45, 2.75) is 45.1 Å². The lowest BCUT2D eigenvalue weighted by Crippen LogP contribution is -2.49. The van der Waals surface area contributed by atoms with Crippen molar-refractivity contribution in [2.75, 3.05) is 13.1 Å². The summed E-state index contributed by atoms with van der Waals surface area (Å²) >= 11 is 0. The van der Waals surface area contributed by atoms with Gasteiger partial charge in [0, 0.05) is 13.0 Å². The number of carboxylic acids is 1. The fraction of sp³-hybridized carbons (Fsp3) is 0.833. The van der Waals surface area contributed by atoms with E-state index in [0.717, 1.165) is 19.3 Å². The van der Waals surface area contributed by atoms with Crippen molar-refractivity contribution in [3.05, 3.63) is 0 Å². The lowest BCUT2D eigenvalue weighted by Gasteiger charge is -2.36. The van der Waals surface area contributed by atoms with Crippen molar-refractivity contribution < 1.29 is 14.7 Å². The highest BCUT2D eigenvalue weighted by molar-refractivity contribution is 5.83. The van der Waals surface area contributed by atoms with Gasteiger partial charge in [-0.1, -0.05) is 6.92 Å². The van der Waals surface area contributed by atoms with Crippen LogP contribution in [0.25, 0.3) is 0 Å². The average molecular weight is 242 g/mol. The Morgan fingerprint density at radius 1 is 1.41 bits per heavy atom. The first-order chi connectivity index (χ1) is 8.06. The standard InChI is InChI=1S/C12H22N2O3/c1-9-5-7-14(10(8-9)12(16)17)11(15)4-2-3-6-13/h9-10H,2-8,13H2,1H3,(H,16,17). The number of carbonyl (C=O) groups excluding carboxylic acids is 1. The first-order valence-electron chi connectivity index (χ1n) is 6.28. The minimum Gasteiger partial charge on any atom is -0.480 e. The third-order valence-electron chi connectivity index (χ3n) is 3.31. The summed E-state index contributed by atoms with van der Waals surface area (Å²) in [5, 5.41) is 9.13. The summed E-state index contributed by atoms with van der Waals surface area (Å²) in [6.07, 6.45) is 3.43. The van der Waals surface area contributed by atoms with E-state index in [1.165, 1.54) is 4.90 Å². The second-order valence-corrected chi connectivity index (χ2v) is 4.82. The molecule has 0 aliphatic carbocycles. The third kappa shape index (κ3) is 4.00. The van der Waals surface area contributed by atoms with Crippen molar-refractivity contribution in [1.29, 1.82) is 0 Å². The van der Waals surface area contributed by atoms with Crippen molar-refractivity contribution in [1.82, 2.24) is 4.90 Å². The number of rotatable bonds is 5. The molecule has 1 fully saturated rings. The predicted octanol–water partition coefficient (Wildman–Crippen LogP) is 0.827. The Hall–Kier alpha value is -1.10. The Bertz CT molecular complexity index is 281. The van der Waals surface area contributed by atoms with Gasteiger partial charge in [0.25, 0.3) is 0 Å². The maximum absolute atomic E-state index is 11.9. The van der Waals surface area contributed by atoms with E-state index in [1.807, 2.05) is 6.92 Å². The Balaban J connectivity index is 2.54. The number of carboxylic acid groups (broad SMARTS) is 1. The molecular formula is C12H22N2O3. The first kappa shape index (κ1) is 14.0. The number of piperidine rings is 1. The highest BCUT2D eigenvalue weighted by Gasteiger charge is 2.34. The molecule has 98 valence electrons. The minimum atomic E-state index is -0.885. The second kappa shape index (κ2) is 6.59. The Kier molecular flexibility index (Phi) is 5.41. The van der Waals surface area contributed by atoms with Crippen molar-refractivity contribution in [3.8, 4) is 0 Å². The van der Waals surface area contributed by atoms with Crippen LogP contribution in [0.1, 0.15) is 39.0 Å². The average Bonchev–Trinajstić information content (AvgIpc) is 2.29.